The minimum atomic E-state index is -0.170. The Balaban J connectivity index is 1.87. The number of aliphatic hydroxyl groups is 1. The van der Waals surface area contributed by atoms with Gasteiger partial charge in [-0.3, -0.25) is 0 Å². The van der Waals surface area contributed by atoms with Gasteiger partial charge < -0.3 is 15.3 Å². The summed E-state index contributed by atoms with van der Waals surface area (Å²) in [6, 6.07) is 9.30. The van der Waals surface area contributed by atoms with E-state index in [1.807, 2.05) is 6.92 Å². The molecule has 1 fully saturated rings. The number of aliphatic hydroxyl groups excluding tert-OH is 1. The number of rotatable bonds is 7. The van der Waals surface area contributed by atoms with Gasteiger partial charge in [0.25, 0.3) is 0 Å². The van der Waals surface area contributed by atoms with Crippen LogP contribution in [-0.4, -0.2) is 42.3 Å². The van der Waals surface area contributed by atoms with Crippen LogP contribution in [0.5, 0.6) is 0 Å². The molecular weight excluding hydrogens is 260 g/mol. The molecule has 3 unspecified atom stereocenters. The highest BCUT2D eigenvalue weighted by atomic mass is 16.3. The predicted molar refractivity (Wildman–Crippen MR) is 88.4 cm³/mol. The summed E-state index contributed by atoms with van der Waals surface area (Å²) >= 11 is 0. The summed E-state index contributed by atoms with van der Waals surface area (Å²) in [4.78, 5) is 2.50. The first-order valence-corrected chi connectivity index (χ1v) is 8.30. The van der Waals surface area contributed by atoms with E-state index in [0.29, 0.717) is 12.0 Å². The van der Waals surface area contributed by atoms with Gasteiger partial charge in [-0.25, -0.2) is 0 Å². The molecule has 1 aromatic carbocycles. The smallest absolute Gasteiger partial charge is 0.0552 e. The van der Waals surface area contributed by atoms with Gasteiger partial charge in [0.2, 0.25) is 0 Å². The van der Waals surface area contributed by atoms with Crippen molar-refractivity contribution in [1.82, 2.24) is 10.2 Å². The highest BCUT2D eigenvalue weighted by molar-refractivity contribution is 5.24. The quantitative estimate of drug-likeness (QED) is 0.810. The zero-order valence-electron chi connectivity index (χ0n) is 13.7. The molecule has 2 N–H and O–H groups in total. The summed E-state index contributed by atoms with van der Waals surface area (Å²) < 4.78 is 0. The first-order chi connectivity index (χ1) is 10.1. The van der Waals surface area contributed by atoms with Gasteiger partial charge in [0.05, 0.1) is 6.10 Å². The molecule has 0 saturated carbocycles. The summed E-state index contributed by atoms with van der Waals surface area (Å²) in [7, 11) is 0. The van der Waals surface area contributed by atoms with Crippen LogP contribution in [0.2, 0.25) is 0 Å². The molecule has 0 aliphatic carbocycles. The molecule has 3 nitrogen and oxygen atoms in total. The second kappa shape index (κ2) is 7.92. The van der Waals surface area contributed by atoms with E-state index >= 15 is 0 Å². The second-order valence-electron chi connectivity index (χ2n) is 6.40. The first-order valence-electron chi connectivity index (χ1n) is 8.30. The third-order valence-corrected chi connectivity index (χ3v) is 4.66. The Kier molecular flexibility index (Phi) is 6.22. The molecule has 0 amide bonds. The molecule has 0 spiro atoms. The summed E-state index contributed by atoms with van der Waals surface area (Å²) in [6.07, 6.45) is 2.09. The topological polar surface area (TPSA) is 35.5 Å². The highest BCUT2D eigenvalue weighted by Gasteiger charge is 2.26. The summed E-state index contributed by atoms with van der Waals surface area (Å²) in [5, 5.41) is 13.3. The van der Waals surface area contributed by atoms with Crippen molar-refractivity contribution in [2.75, 3.05) is 26.2 Å². The summed E-state index contributed by atoms with van der Waals surface area (Å²) in [5.41, 5.74) is 2.70. The highest BCUT2D eigenvalue weighted by Crippen LogP contribution is 2.23. The maximum atomic E-state index is 9.70. The van der Waals surface area contributed by atoms with Gasteiger partial charge in [-0.05, 0) is 57.8 Å². The van der Waals surface area contributed by atoms with E-state index < -0.39 is 0 Å². The van der Waals surface area contributed by atoms with E-state index in [2.05, 4.69) is 48.3 Å². The van der Waals surface area contributed by atoms with Crippen molar-refractivity contribution in [2.24, 2.45) is 5.92 Å². The molecule has 0 aromatic heterocycles. The number of aryl methyl sites for hydroxylation is 1. The number of likely N-dealkylation sites (tertiary alicyclic amines) is 1. The van der Waals surface area contributed by atoms with E-state index in [-0.39, 0.29) is 6.10 Å². The molecule has 1 aromatic rings. The lowest BCUT2D eigenvalue weighted by Gasteiger charge is -2.23. The standard InChI is InChI=1S/C18H30N2O/c1-4-19-18(16-7-5-14(2)6-8-16)10-12-20-11-9-17(13-20)15(3)21/h5-8,15,17-19,21H,4,9-13H2,1-3H3. The van der Waals surface area contributed by atoms with Crippen LogP contribution in [0.25, 0.3) is 0 Å². The number of nitrogens with one attached hydrogen (secondary N) is 1. The maximum absolute atomic E-state index is 9.70. The summed E-state index contributed by atoms with van der Waals surface area (Å²) in [5.74, 6) is 0.460. The Bertz CT molecular complexity index is 416. The average Bonchev–Trinajstić information content (AvgIpc) is 2.93. The fourth-order valence-corrected chi connectivity index (χ4v) is 3.20. The van der Waals surface area contributed by atoms with Crippen molar-refractivity contribution in [2.45, 2.75) is 45.8 Å². The van der Waals surface area contributed by atoms with Crippen LogP contribution >= 0.6 is 0 Å². The lowest BCUT2D eigenvalue weighted by Crippen LogP contribution is -2.29. The third kappa shape index (κ3) is 4.80. The van der Waals surface area contributed by atoms with Gasteiger partial charge in [-0.1, -0.05) is 36.8 Å². The summed E-state index contributed by atoms with van der Waals surface area (Å²) in [6.45, 7) is 10.5. The maximum Gasteiger partial charge on any atom is 0.0552 e. The predicted octanol–water partition coefficient (Wildman–Crippen LogP) is 2.74. The fourth-order valence-electron chi connectivity index (χ4n) is 3.20. The second-order valence-corrected chi connectivity index (χ2v) is 6.40. The number of benzene rings is 1. The van der Waals surface area contributed by atoms with E-state index in [4.69, 9.17) is 0 Å². The molecule has 1 aliphatic heterocycles. The Morgan fingerprint density at radius 2 is 2.05 bits per heavy atom. The normalized spacial score (nSPS) is 22.4. The van der Waals surface area contributed by atoms with Gasteiger partial charge in [-0.15, -0.1) is 0 Å². The van der Waals surface area contributed by atoms with Crippen molar-refractivity contribution >= 4 is 0 Å². The molecule has 1 saturated heterocycles. The van der Waals surface area contributed by atoms with E-state index in [1.54, 1.807) is 0 Å². The van der Waals surface area contributed by atoms with Crippen LogP contribution in [0, 0.1) is 12.8 Å². The molecule has 0 radical (unpaired) electrons. The molecule has 1 aliphatic rings. The van der Waals surface area contributed by atoms with Gasteiger partial charge in [0, 0.05) is 12.6 Å². The van der Waals surface area contributed by atoms with Crippen LogP contribution in [-0.2, 0) is 0 Å². The van der Waals surface area contributed by atoms with Crippen LogP contribution < -0.4 is 5.32 Å². The van der Waals surface area contributed by atoms with Crippen LogP contribution in [0.15, 0.2) is 24.3 Å². The van der Waals surface area contributed by atoms with Crippen LogP contribution in [0.1, 0.15) is 43.9 Å². The SMILES string of the molecule is CCNC(CCN1CCC(C(C)O)C1)c1ccc(C)cc1. The molecule has 2 rings (SSSR count). The average molecular weight is 290 g/mol. The van der Waals surface area contributed by atoms with Gasteiger partial charge in [0.1, 0.15) is 0 Å². The number of hydrogen-bond donors (Lipinski definition) is 2. The van der Waals surface area contributed by atoms with E-state index in [1.165, 1.54) is 11.1 Å². The molecule has 3 atom stereocenters. The van der Waals surface area contributed by atoms with Crippen molar-refractivity contribution in [1.29, 1.82) is 0 Å². The van der Waals surface area contributed by atoms with Crippen LogP contribution in [0.3, 0.4) is 0 Å². The first kappa shape index (κ1) is 16.5. The van der Waals surface area contributed by atoms with Crippen molar-refractivity contribution in [3.05, 3.63) is 35.4 Å². The monoisotopic (exact) mass is 290 g/mol. The Morgan fingerprint density at radius 1 is 1.33 bits per heavy atom. The lowest BCUT2D eigenvalue weighted by molar-refractivity contribution is 0.127. The van der Waals surface area contributed by atoms with Crippen LogP contribution in [0.4, 0.5) is 0 Å². The van der Waals surface area contributed by atoms with Crippen molar-refractivity contribution in [3.8, 4) is 0 Å². The molecule has 3 heteroatoms. The Morgan fingerprint density at radius 3 is 2.62 bits per heavy atom. The van der Waals surface area contributed by atoms with Crippen molar-refractivity contribution < 1.29 is 5.11 Å². The van der Waals surface area contributed by atoms with Gasteiger partial charge in [0.15, 0.2) is 0 Å². The molecular formula is C18H30N2O. The fraction of sp³-hybridized carbons (Fsp3) is 0.667. The molecule has 1 heterocycles. The number of hydrogen-bond acceptors (Lipinski definition) is 3. The van der Waals surface area contributed by atoms with Gasteiger partial charge in [-0.2, -0.15) is 0 Å². The van der Waals surface area contributed by atoms with Gasteiger partial charge >= 0.3 is 0 Å². The zero-order valence-corrected chi connectivity index (χ0v) is 13.7. The van der Waals surface area contributed by atoms with E-state index in [9.17, 15) is 5.11 Å². The minimum Gasteiger partial charge on any atom is -0.393 e. The molecule has 118 valence electrons. The van der Waals surface area contributed by atoms with Crippen molar-refractivity contribution in [3.63, 3.8) is 0 Å². The Hall–Kier alpha value is -0.900. The largest absolute Gasteiger partial charge is 0.393 e. The molecule has 21 heavy (non-hydrogen) atoms. The van der Waals surface area contributed by atoms with E-state index in [0.717, 1.165) is 39.0 Å². The molecule has 0 bridgehead atoms. The Labute approximate surface area is 129 Å². The third-order valence-electron chi connectivity index (χ3n) is 4.66. The lowest BCUT2D eigenvalue weighted by atomic mass is 10.0. The zero-order chi connectivity index (χ0) is 15.2. The minimum absolute atomic E-state index is 0.170. The number of nitrogens with zero attached hydrogens (tertiary/aromatic N) is 1.